The third-order valence-corrected chi connectivity index (χ3v) is 3.42. The number of benzene rings is 1. The summed E-state index contributed by atoms with van der Waals surface area (Å²) in [7, 11) is 0. The first-order valence-corrected chi connectivity index (χ1v) is 4.97. The lowest BCUT2D eigenvalue weighted by Crippen LogP contribution is -1.68. The van der Waals surface area contributed by atoms with Gasteiger partial charge >= 0.3 is 0 Å². The average Bonchev–Trinajstić information content (AvgIpc) is 2.35. The largest absolute Gasteiger partial charge is 0.506 e. The van der Waals surface area contributed by atoms with Gasteiger partial charge in [0, 0.05) is 20.4 Å². The summed E-state index contributed by atoms with van der Waals surface area (Å²) >= 11 is 11.5. The van der Waals surface area contributed by atoms with Crippen LogP contribution < -0.4 is 0 Å². The molecule has 0 saturated carbocycles. The molecule has 1 aromatic heterocycles. The maximum Gasteiger partial charge on any atom is 0.135 e. The Morgan fingerprint density at radius 2 is 2.17 bits per heavy atom. The predicted octanol–water partition coefficient (Wildman–Crippen LogP) is 3.55. The Morgan fingerprint density at radius 1 is 1.42 bits per heavy atom. The third kappa shape index (κ3) is 1.18. The monoisotopic (exact) mass is 216 g/mol. The molecule has 1 nitrogen and oxygen atoms in total. The quantitative estimate of drug-likeness (QED) is 0.646. The molecule has 2 rings (SSSR count). The lowest BCUT2D eigenvalue weighted by Gasteiger charge is -1.96. The second-order valence-electron chi connectivity index (χ2n) is 2.42. The molecule has 0 aliphatic carbocycles. The zero-order valence-corrected chi connectivity index (χ0v) is 8.38. The van der Waals surface area contributed by atoms with Crippen LogP contribution >= 0.6 is 35.6 Å². The van der Waals surface area contributed by atoms with Crippen molar-refractivity contribution in [3.63, 3.8) is 0 Å². The van der Waals surface area contributed by atoms with Gasteiger partial charge in [-0.05, 0) is 12.1 Å². The maximum atomic E-state index is 9.28. The summed E-state index contributed by atoms with van der Waals surface area (Å²) in [6.45, 7) is 0. The zero-order chi connectivity index (χ0) is 8.72. The molecule has 0 amide bonds. The fourth-order valence-corrected chi connectivity index (χ4v) is 2.45. The number of hydrogen-bond donors (Lipinski definition) is 2. The molecule has 62 valence electrons. The van der Waals surface area contributed by atoms with Crippen molar-refractivity contribution in [2.24, 2.45) is 0 Å². The van der Waals surface area contributed by atoms with E-state index in [2.05, 4.69) is 12.6 Å². The van der Waals surface area contributed by atoms with Crippen molar-refractivity contribution in [2.45, 2.75) is 4.90 Å². The van der Waals surface area contributed by atoms with Gasteiger partial charge in [0.25, 0.3) is 0 Å². The van der Waals surface area contributed by atoms with Gasteiger partial charge in [0.1, 0.15) is 5.75 Å². The van der Waals surface area contributed by atoms with Crippen molar-refractivity contribution in [3.05, 3.63) is 22.5 Å². The first-order valence-electron chi connectivity index (χ1n) is 3.27. The van der Waals surface area contributed by atoms with Crippen LogP contribution in [0.5, 0.6) is 5.75 Å². The molecule has 1 heterocycles. The van der Waals surface area contributed by atoms with Crippen LogP contribution in [0.3, 0.4) is 0 Å². The molecule has 0 aliphatic heterocycles. The number of fused-ring (bicyclic) bond motifs is 1. The summed E-state index contributed by atoms with van der Waals surface area (Å²) in [6, 6.07) is 3.38. The molecular formula is C8H5ClOS2. The second-order valence-corrected chi connectivity index (χ2v) is 4.22. The summed E-state index contributed by atoms with van der Waals surface area (Å²) in [5, 5.41) is 12.6. The molecule has 0 radical (unpaired) electrons. The summed E-state index contributed by atoms with van der Waals surface area (Å²) in [5.74, 6) is 0.124. The molecular weight excluding hydrogens is 212 g/mol. The summed E-state index contributed by atoms with van der Waals surface area (Å²) in [4.78, 5) is 0.900. The predicted molar refractivity (Wildman–Crippen MR) is 55.8 cm³/mol. The molecule has 0 bridgehead atoms. The van der Waals surface area contributed by atoms with Crippen molar-refractivity contribution < 1.29 is 5.11 Å². The Balaban J connectivity index is 2.87. The van der Waals surface area contributed by atoms with Gasteiger partial charge in [-0.15, -0.1) is 24.0 Å². The van der Waals surface area contributed by atoms with Crippen LogP contribution in [-0.4, -0.2) is 5.11 Å². The van der Waals surface area contributed by atoms with Crippen LogP contribution in [0.4, 0.5) is 0 Å². The number of rotatable bonds is 0. The Labute approximate surface area is 84.0 Å². The minimum Gasteiger partial charge on any atom is -0.506 e. The highest BCUT2D eigenvalue weighted by molar-refractivity contribution is 7.80. The normalized spacial score (nSPS) is 10.8. The van der Waals surface area contributed by atoms with Crippen LogP contribution in [0.1, 0.15) is 0 Å². The topological polar surface area (TPSA) is 20.2 Å². The van der Waals surface area contributed by atoms with E-state index in [1.807, 2.05) is 5.38 Å². The highest BCUT2D eigenvalue weighted by atomic mass is 35.5. The van der Waals surface area contributed by atoms with Gasteiger partial charge < -0.3 is 5.11 Å². The van der Waals surface area contributed by atoms with Crippen LogP contribution in [0, 0.1) is 0 Å². The number of thiol groups is 1. The van der Waals surface area contributed by atoms with E-state index in [1.165, 1.54) is 0 Å². The van der Waals surface area contributed by atoms with E-state index in [0.717, 1.165) is 15.0 Å². The number of hydrogen-bond acceptors (Lipinski definition) is 3. The average molecular weight is 217 g/mol. The first-order chi connectivity index (χ1) is 5.68. The van der Waals surface area contributed by atoms with Crippen molar-refractivity contribution in [2.75, 3.05) is 0 Å². The van der Waals surface area contributed by atoms with E-state index in [4.69, 9.17) is 11.6 Å². The summed E-state index contributed by atoms with van der Waals surface area (Å²) in [5.41, 5.74) is 0. The molecule has 0 aliphatic rings. The van der Waals surface area contributed by atoms with E-state index in [9.17, 15) is 5.11 Å². The number of halogens is 1. The van der Waals surface area contributed by atoms with E-state index in [0.29, 0.717) is 5.02 Å². The van der Waals surface area contributed by atoms with E-state index in [-0.39, 0.29) is 5.75 Å². The van der Waals surface area contributed by atoms with Crippen LogP contribution in [0.25, 0.3) is 10.1 Å². The number of phenolic OH excluding ortho intramolecular Hbond substituents is 1. The third-order valence-electron chi connectivity index (χ3n) is 1.62. The SMILES string of the molecule is Oc1cc2scc(S)c2cc1Cl. The van der Waals surface area contributed by atoms with Gasteiger partial charge in [-0.3, -0.25) is 0 Å². The standard InChI is InChI=1S/C8H5ClOS2/c9-5-1-4-7(11)3-12-8(4)2-6(5)10/h1-3,10-11H. The lowest BCUT2D eigenvalue weighted by molar-refractivity contribution is 0.476. The Kier molecular flexibility index (Phi) is 1.94. The Hall–Kier alpha value is -0.380. The molecule has 0 unspecified atom stereocenters. The van der Waals surface area contributed by atoms with Crippen molar-refractivity contribution in [3.8, 4) is 5.75 Å². The van der Waals surface area contributed by atoms with Crippen molar-refractivity contribution in [1.29, 1.82) is 0 Å². The number of aromatic hydroxyl groups is 1. The minimum absolute atomic E-state index is 0.124. The molecule has 0 fully saturated rings. The minimum atomic E-state index is 0.124. The van der Waals surface area contributed by atoms with Gasteiger partial charge in [-0.25, -0.2) is 0 Å². The van der Waals surface area contributed by atoms with E-state index in [1.54, 1.807) is 23.5 Å². The van der Waals surface area contributed by atoms with Crippen molar-refractivity contribution in [1.82, 2.24) is 0 Å². The van der Waals surface area contributed by atoms with E-state index >= 15 is 0 Å². The Morgan fingerprint density at radius 3 is 2.92 bits per heavy atom. The van der Waals surface area contributed by atoms with Gasteiger partial charge in [-0.1, -0.05) is 11.6 Å². The number of thiophene rings is 1. The molecule has 4 heteroatoms. The second kappa shape index (κ2) is 2.83. The first kappa shape index (κ1) is 8.23. The molecule has 2 aromatic rings. The lowest BCUT2D eigenvalue weighted by atomic mass is 10.2. The van der Waals surface area contributed by atoms with Gasteiger partial charge in [-0.2, -0.15) is 0 Å². The highest BCUT2D eigenvalue weighted by Gasteiger charge is 2.05. The van der Waals surface area contributed by atoms with Gasteiger partial charge in [0.2, 0.25) is 0 Å². The van der Waals surface area contributed by atoms with Crippen LogP contribution in [0.2, 0.25) is 5.02 Å². The summed E-state index contributed by atoms with van der Waals surface area (Å²) < 4.78 is 1.00. The molecule has 12 heavy (non-hydrogen) atoms. The molecule has 0 atom stereocenters. The molecule has 0 spiro atoms. The highest BCUT2D eigenvalue weighted by Crippen LogP contribution is 2.35. The Bertz CT molecular complexity index is 436. The maximum absolute atomic E-state index is 9.28. The number of phenols is 1. The smallest absolute Gasteiger partial charge is 0.135 e. The van der Waals surface area contributed by atoms with Crippen LogP contribution in [-0.2, 0) is 0 Å². The molecule has 0 saturated heterocycles. The van der Waals surface area contributed by atoms with E-state index < -0.39 is 0 Å². The van der Waals surface area contributed by atoms with Crippen molar-refractivity contribution >= 4 is 45.7 Å². The van der Waals surface area contributed by atoms with Gasteiger partial charge in [0.05, 0.1) is 5.02 Å². The molecule has 1 aromatic carbocycles. The summed E-state index contributed by atoms with van der Waals surface area (Å²) in [6.07, 6.45) is 0. The van der Waals surface area contributed by atoms with Gasteiger partial charge in [0.15, 0.2) is 0 Å². The fraction of sp³-hybridized carbons (Fsp3) is 0. The van der Waals surface area contributed by atoms with Crippen LogP contribution in [0.15, 0.2) is 22.4 Å². The fourth-order valence-electron chi connectivity index (χ4n) is 1.02. The molecule has 1 N–H and O–H groups in total. The zero-order valence-electron chi connectivity index (χ0n) is 5.91.